The zero-order chi connectivity index (χ0) is 21.4. The number of nitrogens with zero attached hydrogens (tertiary/aromatic N) is 2. The van der Waals surface area contributed by atoms with E-state index < -0.39 is 0 Å². The first kappa shape index (κ1) is 20.2. The maximum Gasteiger partial charge on any atom is 0.264 e. The highest BCUT2D eigenvalue weighted by molar-refractivity contribution is 8.18. The molecule has 0 saturated carbocycles. The minimum atomic E-state index is -0.266. The first-order valence-electron chi connectivity index (χ1n) is 9.63. The molecule has 0 bridgehead atoms. The highest BCUT2D eigenvalue weighted by atomic mass is 32.2. The molecule has 1 fully saturated rings. The molecule has 0 aliphatic carbocycles. The number of thioether (sulfide) groups is 1. The topological polar surface area (TPSA) is 46.4 Å². The molecule has 2 aromatic carbocycles. The summed E-state index contributed by atoms with van der Waals surface area (Å²) < 4.78 is 15.3. The van der Waals surface area contributed by atoms with Crippen molar-refractivity contribution in [2.24, 2.45) is 4.99 Å². The molecule has 1 N–H and O–H groups in total. The van der Waals surface area contributed by atoms with Crippen LogP contribution in [0.3, 0.4) is 0 Å². The Morgan fingerprint density at radius 2 is 1.67 bits per heavy atom. The van der Waals surface area contributed by atoms with E-state index in [0.29, 0.717) is 10.1 Å². The molecule has 0 radical (unpaired) electrons. The third-order valence-electron chi connectivity index (χ3n) is 4.93. The highest BCUT2D eigenvalue weighted by Gasteiger charge is 2.24. The van der Waals surface area contributed by atoms with Gasteiger partial charge in [0, 0.05) is 17.1 Å². The summed E-state index contributed by atoms with van der Waals surface area (Å²) in [5.74, 6) is -0.423. The average Bonchev–Trinajstić information content (AvgIpc) is 3.14. The van der Waals surface area contributed by atoms with Crippen LogP contribution >= 0.6 is 11.8 Å². The van der Waals surface area contributed by atoms with Crippen LogP contribution in [0.4, 0.5) is 10.1 Å². The first-order valence-corrected chi connectivity index (χ1v) is 10.4. The molecule has 1 aliphatic rings. The van der Waals surface area contributed by atoms with Crippen molar-refractivity contribution >= 4 is 34.6 Å². The van der Waals surface area contributed by atoms with E-state index in [1.165, 1.54) is 23.9 Å². The Morgan fingerprint density at radius 3 is 2.33 bits per heavy atom. The maximum atomic E-state index is 13.3. The molecule has 1 aliphatic heterocycles. The number of aliphatic imine (C=N–C) groups is 1. The lowest BCUT2D eigenvalue weighted by Gasteiger charge is -2.09. The summed E-state index contributed by atoms with van der Waals surface area (Å²) >= 11 is 1.33. The van der Waals surface area contributed by atoms with E-state index in [4.69, 9.17) is 0 Å². The van der Waals surface area contributed by atoms with Crippen LogP contribution < -0.4 is 5.32 Å². The second-order valence-electron chi connectivity index (χ2n) is 7.47. The van der Waals surface area contributed by atoms with E-state index >= 15 is 0 Å². The van der Waals surface area contributed by atoms with Crippen LogP contribution in [0.2, 0.25) is 0 Å². The number of halogens is 1. The second-order valence-corrected chi connectivity index (χ2v) is 8.50. The van der Waals surface area contributed by atoms with E-state index in [9.17, 15) is 9.18 Å². The van der Waals surface area contributed by atoms with Gasteiger partial charge < -0.3 is 9.88 Å². The van der Waals surface area contributed by atoms with E-state index in [0.717, 1.165) is 39.5 Å². The molecule has 6 heteroatoms. The lowest BCUT2D eigenvalue weighted by molar-refractivity contribution is -0.115. The molecule has 2 heterocycles. The fraction of sp³-hybridized carbons (Fsp3) is 0.167. The van der Waals surface area contributed by atoms with Gasteiger partial charge in [0.25, 0.3) is 5.91 Å². The maximum absolute atomic E-state index is 13.3. The largest absolute Gasteiger partial charge is 0.318 e. The van der Waals surface area contributed by atoms with Crippen molar-refractivity contribution in [1.82, 2.24) is 9.88 Å². The Labute approximate surface area is 179 Å². The van der Waals surface area contributed by atoms with Crippen LogP contribution in [-0.2, 0) is 4.79 Å². The van der Waals surface area contributed by atoms with Crippen LogP contribution in [0.5, 0.6) is 0 Å². The Balaban J connectivity index is 1.64. The van der Waals surface area contributed by atoms with Gasteiger partial charge in [-0.15, -0.1) is 0 Å². The summed E-state index contributed by atoms with van der Waals surface area (Å²) in [6.45, 7) is 8.04. The highest BCUT2D eigenvalue weighted by Crippen LogP contribution is 2.31. The van der Waals surface area contributed by atoms with Crippen LogP contribution in [0.25, 0.3) is 11.8 Å². The number of nitrogens with one attached hydrogen (secondary N) is 1. The third kappa shape index (κ3) is 4.09. The third-order valence-corrected chi connectivity index (χ3v) is 5.84. The molecule has 1 saturated heterocycles. The SMILES string of the molecule is Cc1cc(C)cc(N=C2NC(=O)C(=Cc3cc(C)n(-c4ccc(F)cc4)c3C)S2)c1. The minimum Gasteiger partial charge on any atom is -0.318 e. The van der Waals surface area contributed by atoms with Gasteiger partial charge in [-0.25, -0.2) is 9.38 Å². The zero-order valence-corrected chi connectivity index (χ0v) is 18.1. The first-order chi connectivity index (χ1) is 14.3. The second kappa shape index (κ2) is 7.95. The van der Waals surface area contributed by atoms with Crippen LogP contribution in [-0.4, -0.2) is 15.6 Å². The minimum absolute atomic E-state index is 0.158. The molecule has 0 atom stereocenters. The summed E-state index contributed by atoms with van der Waals surface area (Å²) in [6, 6.07) is 14.5. The zero-order valence-electron chi connectivity index (χ0n) is 17.3. The van der Waals surface area contributed by atoms with Gasteiger partial charge in [0.2, 0.25) is 0 Å². The molecule has 1 amide bonds. The van der Waals surface area contributed by atoms with Gasteiger partial charge in [0.05, 0.1) is 10.6 Å². The number of carbonyl (C=O) groups excluding carboxylic acids is 1. The summed E-state index contributed by atoms with van der Waals surface area (Å²) in [6.07, 6.45) is 1.88. The number of aryl methyl sites for hydroxylation is 3. The van der Waals surface area contributed by atoms with Gasteiger partial charge in [0.1, 0.15) is 5.82 Å². The number of amides is 1. The molecular formula is C24H22FN3OS. The Kier molecular flexibility index (Phi) is 5.35. The van der Waals surface area contributed by atoms with Gasteiger partial charge in [-0.05, 0) is 105 Å². The van der Waals surface area contributed by atoms with Crippen molar-refractivity contribution in [2.75, 3.05) is 0 Å². The fourth-order valence-electron chi connectivity index (χ4n) is 3.68. The van der Waals surface area contributed by atoms with Crippen molar-refractivity contribution in [3.63, 3.8) is 0 Å². The molecule has 4 nitrogen and oxygen atoms in total. The summed E-state index contributed by atoms with van der Waals surface area (Å²) in [5, 5.41) is 3.42. The van der Waals surface area contributed by atoms with Gasteiger partial charge in [-0.3, -0.25) is 4.79 Å². The number of amidine groups is 1. The Hall–Kier alpha value is -3.12. The quantitative estimate of drug-likeness (QED) is 0.550. The Bertz CT molecular complexity index is 1190. The Morgan fingerprint density at radius 1 is 1.00 bits per heavy atom. The van der Waals surface area contributed by atoms with E-state index in [1.54, 1.807) is 12.1 Å². The van der Waals surface area contributed by atoms with Crippen LogP contribution in [0.1, 0.15) is 28.1 Å². The number of hydrogen-bond donors (Lipinski definition) is 1. The molecule has 152 valence electrons. The molecule has 0 unspecified atom stereocenters. The van der Waals surface area contributed by atoms with Gasteiger partial charge in [-0.1, -0.05) is 6.07 Å². The number of benzene rings is 2. The van der Waals surface area contributed by atoms with Crippen molar-refractivity contribution in [2.45, 2.75) is 27.7 Å². The molecular weight excluding hydrogens is 397 g/mol. The van der Waals surface area contributed by atoms with Crippen molar-refractivity contribution in [3.8, 4) is 5.69 Å². The summed E-state index contributed by atoms with van der Waals surface area (Å²) in [7, 11) is 0. The molecule has 3 aromatic rings. The monoisotopic (exact) mass is 419 g/mol. The summed E-state index contributed by atoms with van der Waals surface area (Å²) in [5.41, 5.74) is 6.92. The average molecular weight is 420 g/mol. The van der Waals surface area contributed by atoms with Crippen LogP contribution in [0.15, 0.2) is 58.4 Å². The van der Waals surface area contributed by atoms with Crippen molar-refractivity contribution in [3.05, 3.63) is 87.3 Å². The number of carbonyl (C=O) groups is 1. The number of rotatable bonds is 3. The number of hydrogen-bond acceptors (Lipinski definition) is 3. The van der Waals surface area contributed by atoms with Crippen molar-refractivity contribution < 1.29 is 9.18 Å². The summed E-state index contributed by atoms with van der Waals surface area (Å²) in [4.78, 5) is 17.7. The normalized spacial score (nSPS) is 16.5. The van der Waals surface area contributed by atoms with E-state index in [-0.39, 0.29) is 11.7 Å². The van der Waals surface area contributed by atoms with Gasteiger partial charge >= 0.3 is 0 Å². The van der Waals surface area contributed by atoms with Gasteiger partial charge in [0.15, 0.2) is 5.17 Å². The van der Waals surface area contributed by atoms with Crippen LogP contribution in [0, 0.1) is 33.5 Å². The fourth-order valence-corrected chi connectivity index (χ4v) is 4.51. The molecule has 30 heavy (non-hydrogen) atoms. The van der Waals surface area contributed by atoms with Crippen molar-refractivity contribution in [1.29, 1.82) is 0 Å². The predicted molar refractivity (Wildman–Crippen MR) is 122 cm³/mol. The lowest BCUT2D eigenvalue weighted by atomic mass is 10.1. The molecule has 1 aromatic heterocycles. The lowest BCUT2D eigenvalue weighted by Crippen LogP contribution is -2.19. The smallest absolute Gasteiger partial charge is 0.264 e. The molecule has 4 rings (SSSR count). The predicted octanol–water partition coefficient (Wildman–Crippen LogP) is 5.74. The van der Waals surface area contributed by atoms with Gasteiger partial charge in [-0.2, -0.15) is 0 Å². The molecule has 0 spiro atoms. The number of aromatic nitrogens is 1. The van der Waals surface area contributed by atoms with E-state index in [2.05, 4.69) is 16.4 Å². The van der Waals surface area contributed by atoms with E-state index in [1.807, 2.05) is 56.5 Å². The standard InChI is InChI=1S/C24H22FN3OS/c1-14-9-15(2)11-20(10-14)26-24-27-23(29)22(30-24)13-18-12-16(3)28(17(18)4)21-7-5-19(25)6-8-21/h5-13H,1-4H3,(H,26,27,29).